The average molecular weight is 587 g/mol. The third kappa shape index (κ3) is 5.97. The lowest BCUT2D eigenvalue weighted by atomic mass is 9.73. The number of carbonyl (C=O) groups is 1. The predicted molar refractivity (Wildman–Crippen MR) is 145 cm³/mol. The van der Waals surface area contributed by atoms with Crippen molar-refractivity contribution in [3.63, 3.8) is 0 Å². The largest absolute Gasteiger partial charge is 1.00 e. The van der Waals surface area contributed by atoms with Crippen molar-refractivity contribution >= 4 is 5.97 Å². The number of nitrogens with zero attached hydrogens (tertiary/aromatic N) is 1. The van der Waals surface area contributed by atoms with E-state index in [0.717, 1.165) is 61.7 Å². The van der Waals surface area contributed by atoms with Gasteiger partial charge in [0.05, 0.1) is 33.3 Å². The molecule has 2 bridgehead atoms. The Morgan fingerprint density at radius 3 is 2.29 bits per heavy atom. The van der Waals surface area contributed by atoms with E-state index in [-0.39, 0.29) is 29.0 Å². The summed E-state index contributed by atoms with van der Waals surface area (Å²) in [5, 5.41) is 12.0. The Hall–Kier alpha value is -1.89. The van der Waals surface area contributed by atoms with Crippen molar-refractivity contribution in [2.24, 2.45) is 17.8 Å². The highest BCUT2D eigenvalue weighted by Gasteiger charge is 2.58. The highest BCUT2D eigenvalue weighted by molar-refractivity contribution is 5.81. The molecule has 208 valence electrons. The number of ether oxygens (including phenoxy) is 2. The van der Waals surface area contributed by atoms with Crippen molar-refractivity contribution in [3.8, 4) is 5.75 Å². The zero-order chi connectivity index (χ0) is 25.9. The number of aliphatic hydroxyl groups is 1. The van der Waals surface area contributed by atoms with Crippen LogP contribution < -0.4 is 21.7 Å². The molecule has 0 heterocycles. The molecule has 5 nitrogen and oxygen atoms in total. The molecule has 3 aliphatic rings. The molecule has 5 rings (SSSR count). The van der Waals surface area contributed by atoms with Crippen LogP contribution in [-0.2, 0) is 15.1 Å². The molecule has 1 N–H and O–H groups in total. The van der Waals surface area contributed by atoms with Crippen LogP contribution in [-0.4, -0.2) is 55.0 Å². The molecule has 0 spiro atoms. The fraction of sp³-hybridized carbons (Fsp3) is 0.594. The molecule has 38 heavy (non-hydrogen) atoms. The molecule has 3 fully saturated rings. The summed E-state index contributed by atoms with van der Waals surface area (Å²) in [7, 11) is 4.65. The second kappa shape index (κ2) is 12.5. The van der Waals surface area contributed by atoms with E-state index in [4.69, 9.17) is 9.47 Å². The molecular weight excluding hydrogens is 542 g/mol. The minimum Gasteiger partial charge on any atom is -1.00 e. The van der Waals surface area contributed by atoms with Gasteiger partial charge in [-0.15, -0.1) is 0 Å². The van der Waals surface area contributed by atoms with Gasteiger partial charge < -0.3 is 36.0 Å². The molecule has 3 saturated carbocycles. The van der Waals surface area contributed by atoms with Crippen LogP contribution in [0.2, 0.25) is 0 Å². The summed E-state index contributed by atoms with van der Waals surface area (Å²) in [6.07, 6.45) is 9.13. The van der Waals surface area contributed by atoms with Crippen LogP contribution in [0.1, 0.15) is 63.4 Å². The smallest absolute Gasteiger partial charge is 0.343 e. The zero-order valence-electron chi connectivity index (χ0n) is 22.9. The number of carbonyl (C=O) groups excluding carboxylic acids is 1. The summed E-state index contributed by atoms with van der Waals surface area (Å²) in [5.41, 5.74) is -0.876. The van der Waals surface area contributed by atoms with E-state index < -0.39 is 11.6 Å². The minimum absolute atomic E-state index is 0. The predicted octanol–water partition coefficient (Wildman–Crippen LogP) is 2.71. The van der Waals surface area contributed by atoms with Gasteiger partial charge in [-0.05, 0) is 49.8 Å². The van der Waals surface area contributed by atoms with Gasteiger partial charge >= 0.3 is 5.97 Å². The summed E-state index contributed by atoms with van der Waals surface area (Å²) in [6.45, 7) is 1.73. The van der Waals surface area contributed by atoms with Gasteiger partial charge in [-0.3, -0.25) is 0 Å². The number of fused-ring (bicyclic) bond motifs is 2. The van der Waals surface area contributed by atoms with Gasteiger partial charge in [0, 0.05) is 24.2 Å². The Bertz CT molecular complexity index is 1030. The second-order valence-corrected chi connectivity index (χ2v) is 12.2. The molecule has 5 atom stereocenters. The first-order valence-electron chi connectivity index (χ1n) is 14.4. The molecule has 6 heteroatoms. The maximum absolute atomic E-state index is 13.8. The lowest BCUT2D eigenvalue weighted by molar-refractivity contribution is -0.919. The van der Waals surface area contributed by atoms with Gasteiger partial charge in [0.25, 0.3) is 0 Å². The van der Waals surface area contributed by atoms with Crippen molar-refractivity contribution in [2.45, 2.75) is 75.5 Å². The molecule has 0 aliphatic heterocycles. The first-order valence-corrected chi connectivity index (χ1v) is 14.4. The molecule has 3 aliphatic carbocycles. The van der Waals surface area contributed by atoms with Crippen LogP contribution in [0.4, 0.5) is 0 Å². The molecule has 2 aromatic carbocycles. The number of halogens is 1. The summed E-state index contributed by atoms with van der Waals surface area (Å²) in [4.78, 5) is 13.8. The monoisotopic (exact) mass is 585 g/mol. The lowest BCUT2D eigenvalue weighted by Gasteiger charge is -2.40. The third-order valence-corrected chi connectivity index (χ3v) is 9.48. The van der Waals surface area contributed by atoms with Crippen LogP contribution in [0.15, 0.2) is 60.7 Å². The van der Waals surface area contributed by atoms with E-state index in [9.17, 15) is 9.90 Å². The Labute approximate surface area is 238 Å². The van der Waals surface area contributed by atoms with Crippen LogP contribution in [0.25, 0.3) is 0 Å². The van der Waals surface area contributed by atoms with E-state index in [2.05, 4.69) is 14.1 Å². The highest BCUT2D eigenvalue weighted by Crippen LogP contribution is 2.51. The molecule has 3 unspecified atom stereocenters. The number of para-hydroxylation sites is 1. The van der Waals surface area contributed by atoms with Gasteiger partial charge in [-0.1, -0.05) is 67.8 Å². The van der Waals surface area contributed by atoms with Crippen LogP contribution >= 0.6 is 0 Å². The minimum atomic E-state index is -1.56. The normalized spacial score (nSPS) is 26.8. The van der Waals surface area contributed by atoms with E-state index in [1.165, 1.54) is 12.8 Å². The number of hydrogen-bond donors (Lipinski definition) is 1. The van der Waals surface area contributed by atoms with E-state index in [1.54, 1.807) is 0 Å². The van der Waals surface area contributed by atoms with Crippen molar-refractivity contribution in [3.05, 3.63) is 66.2 Å². The maximum Gasteiger partial charge on any atom is 0.343 e. The molecule has 0 radical (unpaired) electrons. The van der Waals surface area contributed by atoms with Crippen molar-refractivity contribution in [1.29, 1.82) is 0 Å². The number of quaternary nitrogens is 1. The number of hydrogen-bond acceptors (Lipinski definition) is 4. The van der Waals surface area contributed by atoms with Gasteiger partial charge in [0.2, 0.25) is 0 Å². The summed E-state index contributed by atoms with van der Waals surface area (Å²) in [6, 6.07) is 20.0. The first-order chi connectivity index (χ1) is 17.9. The van der Waals surface area contributed by atoms with Gasteiger partial charge in [-0.25, -0.2) is 4.79 Å². The second-order valence-electron chi connectivity index (χ2n) is 12.2. The summed E-state index contributed by atoms with van der Waals surface area (Å²) >= 11 is 0. The Kier molecular flexibility index (Phi) is 9.59. The summed E-state index contributed by atoms with van der Waals surface area (Å²) < 4.78 is 13.2. The van der Waals surface area contributed by atoms with Gasteiger partial charge in [0.15, 0.2) is 5.60 Å². The van der Waals surface area contributed by atoms with Gasteiger partial charge in [0.1, 0.15) is 11.9 Å². The fourth-order valence-corrected chi connectivity index (χ4v) is 7.75. The maximum atomic E-state index is 13.8. The van der Waals surface area contributed by atoms with Crippen LogP contribution in [0.3, 0.4) is 0 Å². The highest BCUT2D eigenvalue weighted by atomic mass is 79.9. The van der Waals surface area contributed by atoms with Crippen LogP contribution in [0.5, 0.6) is 5.75 Å². The molecular formula is C32H44BrNO4. The van der Waals surface area contributed by atoms with E-state index >= 15 is 0 Å². The molecule has 0 saturated heterocycles. The van der Waals surface area contributed by atoms with Crippen molar-refractivity contribution in [1.82, 2.24) is 0 Å². The van der Waals surface area contributed by atoms with Crippen molar-refractivity contribution in [2.75, 3.05) is 27.2 Å². The quantitative estimate of drug-likeness (QED) is 0.265. The Balaban J connectivity index is 0.00000336. The number of benzene rings is 2. The topological polar surface area (TPSA) is 55.8 Å². The van der Waals surface area contributed by atoms with Crippen LogP contribution in [0, 0.1) is 17.8 Å². The fourth-order valence-electron chi connectivity index (χ4n) is 7.75. The van der Waals surface area contributed by atoms with Crippen molar-refractivity contribution < 1.29 is 40.8 Å². The standard InChI is InChI=1S/C32H44NO4.BrH/c1-33(2,21-12-22-36-27-17-10-5-11-18-27)30-24-19-20-28(30)29(23-24)37-31(34)32(35,25-13-6-3-7-14-25)26-15-8-4-9-16-26;/h3,5-7,10-11,13-14,17-18,24,26,28-30,35H,4,8-9,12,15-16,19-23H2,1-2H3;1H/q+1;/p-1/t24?,28-,29-,30?,32?;/m1./s1. The summed E-state index contributed by atoms with van der Waals surface area (Å²) in [5.74, 6) is 1.33. The third-order valence-electron chi connectivity index (χ3n) is 9.48. The lowest BCUT2D eigenvalue weighted by Crippen LogP contribution is -3.00. The SMILES string of the molecule is C[N+](C)(CCCOc1ccccc1)C1C2CC[C@@H]1[C@H](OC(=O)C(O)(c1ccccc1)C1CCCCC1)C2.[Br-]. The first kappa shape index (κ1) is 29.1. The molecule has 0 aromatic heterocycles. The zero-order valence-corrected chi connectivity index (χ0v) is 24.5. The Morgan fingerprint density at radius 2 is 1.61 bits per heavy atom. The molecule has 0 amide bonds. The number of esters is 1. The Morgan fingerprint density at radius 1 is 0.947 bits per heavy atom. The van der Waals surface area contributed by atoms with Gasteiger partial charge in [-0.2, -0.15) is 0 Å². The molecule has 2 aromatic rings. The number of rotatable bonds is 10. The van der Waals surface area contributed by atoms with E-state index in [0.29, 0.717) is 30.0 Å². The average Bonchev–Trinajstić information content (AvgIpc) is 3.51. The van der Waals surface area contributed by atoms with E-state index in [1.807, 2.05) is 60.7 Å².